The standard InChI is InChI=1S/C42H48N6O6S.C2H6/c1-27-12-15-32(24-35(27)40(52)48(6)36(10-8-20-49)39(51)44-5)46-37(50)11-9-21-53-38-28(2)22-31(23-29(38)25-43)42(3,4)30-13-16-34(17-14-30)54-26-33-18-19-45-41(47-33)55-7;1-2/h12-20,22-24,36H,8-11,21,26H2,1-7H3,(H,44,51)(H,46,50);1-2H3. The number of carbonyl (C=O) groups excluding carboxylic acids is 4. The molecule has 0 radical (unpaired) electrons. The largest absolute Gasteiger partial charge is 0.492 e. The van der Waals surface area contributed by atoms with Gasteiger partial charge in [-0.1, -0.05) is 63.7 Å². The van der Waals surface area contributed by atoms with E-state index in [-0.39, 0.29) is 37.7 Å². The van der Waals surface area contributed by atoms with Crippen LogP contribution >= 0.6 is 11.8 Å². The van der Waals surface area contributed by atoms with Crippen LogP contribution in [0.3, 0.4) is 0 Å². The van der Waals surface area contributed by atoms with E-state index in [0.29, 0.717) is 52.6 Å². The summed E-state index contributed by atoms with van der Waals surface area (Å²) in [5.74, 6) is 0.167. The van der Waals surface area contributed by atoms with Gasteiger partial charge in [0, 0.05) is 49.8 Å². The first-order chi connectivity index (χ1) is 27.3. The molecular formula is C44H54N6O6S. The fraction of sp³-hybridized carbons (Fsp3) is 0.386. The number of aromatic nitrogens is 2. The van der Waals surface area contributed by atoms with E-state index in [1.54, 1.807) is 31.3 Å². The fourth-order valence-corrected chi connectivity index (χ4v) is 6.42. The molecule has 4 aromatic rings. The van der Waals surface area contributed by atoms with Gasteiger partial charge >= 0.3 is 0 Å². The normalized spacial score (nSPS) is 11.2. The highest BCUT2D eigenvalue weighted by atomic mass is 32.2. The second-order valence-corrected chi connectivity index (χ2v) is 14.3. The number of nitrogens with one attached hydrogen (secondary N) is 2. The van der Waals surface area contributed by atoms with Crippen LogP contribution in [0.1, 0.15) is 97.2 Å². The number of anilines is 1. The van der Waals surface area contributed by atoms with Gasteiger partial charge in [-0.05, 0) is 91.6 Å². The number of thioether (sulfide) groups is 1. The molecule has 0 spiro atoms. The van der Waals surface area contributed by atoms with Gasteiger partial charge in [0.2, 0.25) is 11.8 Å². The van der Waals surface area contributed by atoms with Crippen LogP contribution in [0, 0.1) is 25.2 Å². The van der Waals surface area contributed by atoms with Crippen molar-refractivity contribution in [2.24, 2.45) is 0 Å². The third kappa shape index (κ3) is 12.4. The van der Waals surface area contributed by atoms with Crippen LogP contribution in [-0.2, 0) is 26.4 Å². The Bertz CT molecular complexity index is 2050. The van der Waals surface area contributed by atoms with Crippen LogP contribution in [0.25, 0.3) is 0 Å². The van der Waals surface area contributed by atoms with Crippen molar-refractivity contribution in [3.05, 3.63) is 106 Å². The highest BCUT2D eigenvalue weighted by Gasteiger charge is 2.28. The van der Waals surface area contributed by atoms with Crippen LogP contribution in [0.5, 0.6) is 11.5 Å². The third-order valence-electron chi connectivity index (χ3n) is 9.39. The Balaban J connectivity index is 0.00000428. The maximum absolute atomic E-state index is 13.4. The Morgan fingerprint density at radius 3 is 2.37 bits per heavy atom. The Labute approximate surface area is 340 Å². The molecule has 302 valence electrons. The minimum atomic E-state index is -0.817. The molecular weight excluding hydrogens is 741 g/mol. The molecule has 13 heteroatoms. The number of aldehydes is 1. The smallest absolute Gasteiger partial charge is 0.254 e. The van der Waals surface area contributed by atoms with Crippen molar-refractivity contribution in [2.45, 2.75) is 90.4 Å². The number of nitrogens with zero attached hydrogens (tertiary/aromatic N) is 4. The third-order valence-corrected chi connectivity index (χ3v) is 9.96. The van der Waals surface area contributed by atoms with E-state index in [9.17, 15) is 24.4 Å². The number of ether oxygens (including phenoxy) is 2. The number of carbonyl (C=O) groups is 4. The van der Waals surface area contributed by atoms with Crippen LogP contribution in [0.4, 0.5) is 5.69 Å². The number of benzene rings is 3. The number of amides is 3. The summed E-state index contributed by atoms with van der Waals surface area (Å²) in [6.45, 7) is 12.4. The summed E-state index contributed by atoms with van der Waals surface area (Å²) in [6, 6.07) is 20.1. The second-order valence-electron chi connectivity index (χ2n) is 13.6. The van der Waals surface area contributed by atoms with E-state index in [0.717, 1.165) is 28.1 Å². The molecule has 1 unspecified atom stereocenters. The molecule has 0 saturated heterocycles. The second kappa shape index (κ2) is 22.1. The number of hydrogen-bond donors (Lipinski definition) is 2. The summed E-state index contributed by atoms with van der Waals surface area (Å²) >= 11 is 1.48. The molecule has 3 amide bonds. The minimum absolute atomic E-state index is 0.133. The molecule has 0 aliphatic heterocycles. The van der Waals surface area contributed by atoms with Gasteiger partial charge in [0.25, 0.3) is 5.91 Å². The average molecular weight is 795 g/mol. The molecule has 0 bridgehead atoms. The topological polar surface area (TPSA) is 164 Å². The van der Waals surface area contributed by atoms with E-state index >= 15 is 0 Å². The fourth-order valence-electron chi connectivity index (χ4n) is 6.04. The van der Waals surface area contributed by atoms with E-state index in [1.807, 2.05) is 69.5 Å². The molecule has 0 aliphatic carbocycles. The highest BCUT2D eigenvalue weighted by Crippen LogP contribution is 2.37. The monoisotopic (exact) mass is 794 g/mol. The van der Waals surface area contributed by atoms with Gasteiger partial charge in [-0.25, -0.2) is 9.97 Å². The number of rotatable bonds is 18. The average Bonchev–Trinajstić information content (AvgIpc) is 3.23. The van der Waals surface area contributed by atoms with Crippen molar-refractivity contribution in [3.63, 3.8) is 0 Å². The number of hydrogen-bond acceptors (Lipinski definition) is 10. The zero-order valence-corrected chi connectivity index (χ0v) is 35.2. The summed E-state index contributed by atoms with van der Waals surface area (Å²) in [7, 11) is 3.00. The SMILES string of the molecule is CC.CNC(=O)C(CCC=O)N(C)C(=O)c1cc(NC(=O)CCCOc2c(C)cc(C(C)(C)c3ccc(OCc4ccnc(SC)n4)cc3)cc2C#N)ccc1C. The summed E-state index contributed by atoms with van der Waals surface area (Å²) in [5, 5.41) is 16.2. The Morgan fingerprint density at radius 1 is 1.00 bits per heavy atom. The van der Waals surface area contributed by atoms with Crippen molar-refractivity contribution in [1.29, 1.82) is 5.26 Å². The van der Waals surface area contributed by atoms with Gasteiger partial charge in [0.15, 0.2) is 5.16 Å². The lowest BCUT2D eigenvalue weighted by Gasteiger charge is -2.27. The van der Waals surface area contributed by atoms with Crippen molar-refractivity contribution < 1.29 is 28.7 Å². The predicted octanol–water partition coefficient (Wildman–Crippen LogP) is 7.58. The number of aryl methyl sites for hydroxylation is 2. The van der Waals surface area contributed by atoms with Crippen LogP contribution in [0.15, 0.2) is 72.0 Å². The summed E-state index contributed by atoms with van der Waals surface area (Å²) in [5.41, 5.74) is 5.05. The number of likely N-dealkylation sites (N-methyl/N-ethyl adjacent to an activating group) is 2. The molecule has 1 aromatic heterocycles. The van der Waals surface area contributed by atoms with Crippen LogP contribution < -0.4 is 20.1 Å². The lowest BCUT2D eigenvalue weighted by atomic mass is 9.77. The van der Waals surface area contributed by atoms with Crippen molar-refractivity contribution in [2.75, 3.05) is 32.3 Å². The van der Waals surface area contributed by atoms with Crippen molar-refractivity contribution >= 4 is 41.5 Å². The minimum Gasteiger partial charge on any atom is -0.492 e. The molecule has 12 nitrogen and oxygen atoms in total. The summed E-state index contributed by atoms with van der Waals surface area (Å²) < 4.78 is 12.0. The molecule has 2 N–H and O–H groups in total. The molecule has 0 fully saturated rings. The highest BCUT2D eigenvalue weighted by molar-refractivity contribution is 7.98. The first-order valence-electron chi connectivity index (χ1n) is 18.9. The van der Waals surface area contributed by atoms with Gasteiger partial charge in [0.1, 0.15) is 36.5 Å². The quantitative estimate of drug-likeness (QED) is 0.0444. The molecule has 3 aromatic carbocycles. The Kier molecular flexibility index (Phi) is 17.7. The van der Waals surface area contributed by atoms with Gasteiger partial charge < -0.3 is 29.8 Å². The lowest BCUT2D eigenvalue weighted by Crippen LogP contribution is -2.47. The number of nitriles is 1. The summed E-state index contributed by atoms with van der Waals surface area (Å²) in [4.78, 5) is 59.6. The van der Waals surface area contributed by atoms with Gasteiger partial charge in [-0.3, -0.25) is 14.4 Å². The predicted molar refractivity (Wildman–Crippen MR) is 224 cm³/mol. The van der Waals surface area contributed by atoms with E-state index < -0.39 is 17.4 Å². The van der Waals surface area contributed by atoms with Crippen molar-refractivity contribution in [3.8, 4) is 17.6 Å². The summed E-state index contributed by atoms with van der Waals surface area (Å²) in [6.07, 6.45) is 5.22. The first kappa shape index (κ1) is 45.6. The molecule has 4 rings (SSSR count). The Hall–Kier alpha value is -5.74. The lowest BCUT2D eigenvalue weighted by molar-refractivity contribution is -0.125. The zero-order valence-electron chi connectivity index (χ0n) is 34.4. The Morgan fingerprint density at radius 2 is 1.72 bits per heavy atom. The van der Waals surface area contributed by atoms with Gasteiger partial charge in [-0.15, -0.1) is 0 Å². The van der Waals surface area contributed by atoms with Gasteiger partial charge in [0.05, 0.1) is 17.9 Å². The maximum Gasteiger partial charge on any atom is 0.254 e. The van der Waals surface area contributed by atoms with Gasteiger partial charge in [-0.2, -0.15) is 5.26 Å². The molecule has 1 atom stereocenters. The molecule has 0 aliphatic rings. The van der Waals surface area contributed by atoms with Crippen molar-refractivity contribution in [1.82, 2.24) is 20.2 Å². The van der Waals surface area contributed by atoms with E-state index in [2.05, 4.69) is 40.5 Å². The van der Waals surface area contributed by atoms with Crippen LogP contribution in [0.2, 0.25) is 0 Å². The maximum atomic E-state index is 13.4. The first-order valence-corrected chi connectivity index (χ1v) is 20.2. The molecule has 1 heterocycles. The molecule has 0 saturated carbocycles. The molecule has 57 heavy (non-hydrogen) atoms. The van der Waals surface area contributed by atoms with E-state index in [4.69, 9.17) is 9.47 Å². The zero-order chi connectivity index (χ0) is 42.1. The van der Waals surface area contributed by atoms with E-state index in [1.165, 1.54) is 30.8 Å². The van der Waals surface area contributed by atoms with Crippen LogP contribution in [-0.4, -0.2) is 71.9 Å².